The minimum absolute atomic E-state index is 0.103. The van der Waals surface area contributed by atoms with Gasteiger partial charge in [-0.1, -0.05) is 30.3 Å². The topological polar surface area (TPSA) is 93.7 Å². The van der Waals surface area contributed by atoms with Crippen LogP contribution in [0.2, 0.25) is 0 Å². The van der Waals surface area contributed by atoms with E-state index in [2.05, 4.69) is 10.6 Å². The van der Waals surface area contributed by atoms with E-state index in [1.807, 2.05) is 25.1 Å². The Morgan fingerprint density at radius 2 is 1.62 bits per heavy atom. The number of methoxy groups -OCH3 is 2. The third-order valence-corrected chi connectivity index (χ3v) is 6.12. The van der Waals surface area contributed by atoms with Gasteiger partial charge in [0.1, 0.15) is 10.8 Å². The number of rotatable bonds is 7. The van der Waals surface area contributed by atoms with Gasteiger partial charge >= 0.3 is 5.97 Å². The molecule has 0 fully saturated rings. The first-order valence-corrected chi connectivity index (χ1v) is 10.7. The number of nitrogens with one attached hydrogen (secondary N) is 2. The largest absolute Gasteiger partial charge is 0.497 e. The summed E-state index contributed by atoms with van der Waals surface area (Å²) in [6, 6.07) is 14.5. The molecule has 32 heavy (non-hydrogen) atoms. The Morgan fingerprint density at radius 3 is 2.25 bits per heavy atom. The quantitative estimate of drug-likeness (QED) is 0.511. The van der Waals surface area contributed by atoms with E-state index in [0.717, 1.165) is 22.5 Å². The van der Waals surface area contributed by atoms with Crippen LogP contribution in [0.3, 0.4) is 0 Å². The number of hydrogen-bond acceptors (Lipinski definition) is 6. The first kappa shape index (κ1) is 23.0. The molecule has 0 saturated carbocycles. The smallest absolute Gasteiger partial charge is 0.341 e. The number of ether oxygens (including phenoxy) is 2. The summed E-state index contributed by atoms with van der Waals surface area (Å²) in [4.78, 5) is 38.3. The molecule has 0 aliphatic rings. The van der Waals surface area contributed by atoms with Gasteiger partial charge < -0.3 is 20.1 Å². The molecule has 0 radical (unpaired) electrons. The predicted molar refractivity (Wildman–Crippen MR) is 125 cm³/mol. The summed E-state index contributed by atoms with van der Waals surface area (Å²) in [6.07, 6.45) is 0.103. The fourth-order valence-corrected chi connectivity index (χ4v) is 4.26. The Labute approximate surface area is 190 Å². The number of carbonyl (C=O) groups is 3. The van der Waals surface area contributed by atoms with Crippen LogP contribution in [0.25, 0.3) is 0 Å². The summed E-state index contributed by atoms with van der Waals surface area (Å²) in [7, 11) is 2.83. The van der Waals surface area contributed by atoms with Crippen LogP contribution in [0.15, 0.2) is 48.5 Å². The highest BCUT2D eigenvalue weighted by molar-refractivity contribution is 7.18. The maximum Gasteiger partial charge on any atom is 0.341 e. The molecule has 0 aliphatic heterocycles. The summed E-state index contributed by atoms with van der Waals surface area (Å²) in [5.74, 6) is -0.594. The minimum atomic E-state index is -0.617. The number of carbonyl (C=O) groups excluding carboxylic acids is 3. The molecule has 0 spiro atoms. The number of para-hydroxylation sites is 1. The molecule has 3 aromatic rings. The lowest BCUT2D eigenvalue weighted by Crippen LogP contribution is -2.16. The molecular formula is C24H24N2O5S. The van der Waals surface area contributed by atoms with E-state index in [-0.39, 0.29) is 28.8 Å². The molecule has 166 valence electrons. The van der Waals surface area contributed by atoms with Crippen LogP contribution in [-0.2, 0) is 16.0 Å². The van der Waals surface area contributed by atoms with Crippen molar-refractivity contribution in [1.29, 1.82) is 0 Å². The molecule has 2 N–H and O–H groups in total. The average Bonchev–Trinajstić information content (AvgIpc) is 3.10. The minimum Gasteiger partial charge on any atom is -0.497 e. The molecule has 2 aromatic carbocycles. The average molecular weight is 453 g/mol. The van der Waals surface area contributed by atoms with Gasteiger partial charge in [0.2, 0.25) is 5.91 Å². The van der Waals surface area contributed by atoms with Crippen molar-refractivity contribution in [2.45, 2.75) is 20.3 Å². The zero-order chi connectivity index (χ0) is 23.3. The van der Waals surface area contributed by atoms with Crippen molar-refractivity contribution >= 4 is 39.8 Å². The van der Waals surface area contributed by atoms with Gasteiger partial charge in [-0.25, -0.2) is 4.79 Å². The van der Waals surface area contributed by atoms with E-state index in [9.17, 15) is 14.4 Å². The fraction of sp³-hybridized carbons (Fsp3) is 0.208. The maximum atomic E-state index is 12.9. The van der Waals surface area contributed by atoms with Gasteiger partial charge in [-0.3, -0.25) is 9.59 Å². The van der Waals surface area contributed by atoms with Crippen LogP contribution >= 0.6 is 11.3 Å². The summed E-state index contributed by atoms with van der Waals surface area (Å²) >= 11 is 1.04. The Bertz CT molecular complexity index is 1150. The number of amides is 2. The molecule has 2 amide bonds. The second kappa shape index (κ2) is 10.1. The fourth-order valence-electron chi connectivity index (χ4n) is 3.16. The molecule has 0 atom stereocenters. The first-order valence-electron chi connectivity index (χ1n) is 9.85. The molecule has 7 nitrogen and oxygen atoms in total. The molecule has 1 heterocycles. The highest BCUT2D eigenvalue weighted by atomic mass is 32.1. The molecule has 8 heteroatoms. The van der Waals surface area contributed by atoms with Crippen molar-refractivity contribution < 1.29 is 23.9 Å². The third-order valence-electron chi connectivity index (χ3n) is 4.91. The third kappa shape index (κ3) is 5.15. The number of thiophene rings is 1. The molecule has 0 bridgehead atoms. The predicted octanol–water partition coefficient (Wildman–Crippen LogP) is 4.59. The van der Waals surface area contributed by atoms with Crippen molar-refractivity contribution in [1.82, 2.24) is 0 Å². The lowest BCUT2D eigenvalue weighted by atomic mass is 10.1. The van der Waals surface area contributed by atoms with E-state index < -0.39 is 5.97 Å². The highest BCUT2D eigenvalue weighted by Gasteiger charge is 2.26. The van der Waals surface area contributed by atoms with Crippen LogP contribution in [0.1, 0.15) is 36.7 Å². The number of hydrogen-bond donors (Lipinski definition) is 2. The van der Waals surface area contributed by atoms with E-state index >= 15 is 0 Å². The van der Waals surface area contributed by atoms with Crippen LogP contribution < -0.4 is 15.4 Å². The summed E-state index contributed by atoms with van der Waals surface area (Å²) in [5, 5.41) is 5.91. The number of aryl methyl sites for hydroxylation is 1. The van der Waals surface area contributed by atoms with Crippen LogP contribution in [0.4, 0.5) is 10.7 Å². The molecule has 3 rings (SSSR count). The Balaban J connectivity index is 1.84. The van der Waals surface area contributed by atoms with Crippen molar-refractivity contribution in [2.24, 2.45) is 0 Å². The van der Waals surface area contributed by atoms with Crippen LogP contribution in [-0.4, -0.2) is 32.0 Å². The van der Waals surface area contributed by atoms with Crippen molar-refractivity contribution in [2.75, 3.05) is 24.9 Å². The molecule has 0 saturated heterocycles. The van der Waals surface area contributed by atoms with Gasteiger partial charge in [-0.15, -0.1) is 11.3 Å². The lowest BCUT2D eigenvalue weighted by molar-refractivity contribution is -0.115. The Kier molecular flexibility index (Phi) is 7.27. The number of benzene rings is 2. The van der Waals surface area contributed by atoms with Crippen molar-refractivity contribution in [3.05, 3.63) is 75.7 Å². The zero-order valence-electron chi connectivity index (χ0n) is 18.3. The van der Waals surface area contributed by atoms with E-state index in [0.29, 0.717) is 21.9 Å². The molecule has 0 aliphatic carbocycles. The number of esters is 1. The van der Waals surface area contributed by atoms with E-state index in [4.69, 9.17) is 9.47 Å². The number of anilines is 2. The molecule has 0 unspecified atom stereocenters. The normalized spacial score (nSPS) is 10.4. The van der Waals surface area contributed by atoms with Crippen molar-refractivity contribution in [3.8, 4) is 5.75 Å². The summed E-state index contributed by atoms with van der Waals surface area (Å²) in [6.45, 7) is 3.55. The van der Waals surface area contributed by atoms with Gasteiger partial charge in [-0.05, 0) is 48.7 Å². The zero-order valence-corrected chi connectivity index (χ0v) is 19.1. The Hall–Kier alpha value is -3.65. The summed E-state index contributed by atoms with van der Waals surface area (Å²) in [5.41, 5.74) is 3.00. The lowest BCUT2D eigenvalue weighted by Gasteiger charge is -2.07. The van der Waals surface area contributed by atoms with E-state index in [1.165, 1.54) is 7.11 Å². The SMILES string of the molecule is COC(=O)c1c(NC(=O)Cc2ccc(OC)cc2)sc(C(=O)Nc2ccccc2C)c1C. The first-order chi connectivity index (χ1) is 15.3. The van der Waals surface area contributed by atoms with Gasteiger partial charge in [0, 0.05) is 5.69 Å². The monoisotopic (exact) mass is 452 g/mol. The standard InChI is InChI=1S/C24H24N2O5S/c1-14-7-5-6-8-18(14)25-22(28)21-15(2)20(24(29)31-4)23(32-21)26-19(27)13-16-9-11-17(30-3)12-10-16/h5-12H,13H2,1-4H3,(H,25,28)(H,26,27). The van der Waals surface area contributed by atoms with Gasteiger partial charge in [-0.2, -0.15) is 0 Å². The van der Waals surface area contributed by atoms with E-state index in [1.54, 1.807) is 44.4 Å². The second-order valence-corrected chi connectivity index (χ2v) is 8.11. The molecular weight excluding hydrogens is 428 g/mol. The molecule has 1 aromatic heterocycles. The highest BCUT2D eigenvalue weighted by Crippen LogP contribution is 2.34. The van der Waals surface area contributed by atoms with Gasteiger partial charge in [0.15, 0.2) is 0 Å². The second-order valence-electron chi connectivity index (χ2n) is 7.09. The van der Waals surface area contributed by atoms with Crippen molar-refractivity contribution in [3.63, 3.8) is 0 Å². The van der Waals surface area contributed by atoms with Crippen LogP contribution in [0, 0.1) is 13.8 Å². The summed E-state index contributed by atoms with van der Waals surface area (Å²) < 4.78 is 10.0. The van der Waals surface area contributed by atoms with Gasteiger partial charge in [0.25, 0.3) is 5.91 Å². The van der Waals surface area contributed by atoms with Crippen LogP contribution in [0.5, 0.6) is 5.75 Å². The Morgan fingerprint density at radius 1 is 0.938 bits per heavy atom. The maximum absolute atomic E-state index is 12.9. The van der Waals surface area contributed by atoms with Gasteiger partial charge in [0.05, 0.1) is 31.1 Å².